The standard InChI is InChI=1S/C9H11BN2OS/c1-5(13)11-9-12-7-4-6(10)2-3-8(7)14-9/h2-4,9,12H,10H2,1H3,(H,11,13). The van der Waals surface area contributed by atoms with Gasteiger partial charge in [-0.2, -0.15) is 0 Å². The number of hydrogen-bond donors (Lipinski definition) is 2. The molecule has 0 fully saturated rings. The molecule has 0 spiro atoms. The van der Waals surface area contributed by atoms with E-state index in [1.54, 1.807) is 11.8 Å². The highest BCUT2D eigenvalue weighted by atomic mass is 32.2. The molecule has 0 aliphatic carbocycles. The van der Waals surface area contributed by atoms with Gasteiger partial charge in [-0.3, -0.25) is 4.79 Å². The summed E-state index contributed by atoms with van der Waals surface area (Å²) in [6.45, 7) is 1.52. The average molecular weight is 206 g/mol. The van der Waals surface area contributed by atoms with Crippen molar-refractivity contribution in [1.82, 2.24) is 5.32 Å². The molecule has 1 heterocycles. The summed E-state index contributed by atoms with van der Waals surface area (Å²) in [5.41, 5.74) is 2.30. The summed E-state index contributed by atoms with van der Waals surface area (Å²) in [6.07, 6.45) is 0. The molecule has 0 saturated carbocycles. The van der Waals surface area contributed by atoms with Gasteiger partial charge in [0.05, 0.1) is 0 Å². The second kappa shape index (κ2) is 3.57. The second-order valence-electron chi connectivity index (χ2n) is 3.34. The molecule has 5 heteroatoms. The smallest absolute Gasteiger partial charge is 0.219 e. The molecule has 14 heavy (non-hydrogen) atoms. The number of thioether (sulfide) groups is 1. The van der Waals surface area contributed by atoms with Crippen LogP contribution in [-0.4, -0.2) is 19.3 Å². The van der Waals surface area contributed by atoms with Gasteiger partial charge in [0.1, 0.15) is 7.85 Å². The van der Waals surface area contributed by atoms with Crippen LogP contribution in [0.3, 0.4) is 0 Å². The normalized spacial score (nSPS) is 18.5. The summed E-state index contributed by atoms with van der Waals surface area (Å²) in [5.74, 6) is -0.0143. The fourth-order valence-electron chi connectivity index (χ4n) is 1.41. The van der Waals surface area contributed by atoms with E-state index < -0.39 is 0 Å². The van der Waals surface area contributed by atoms with Gasteiger partial charge >= 0.3 is 0 Å². The zero-order chi connectivity index (χ0) is 10.1. The van der Waals surface area contributed by atoms with Gasteiger partial charge in [-0.15, -0.1) is 0 Å². The molecule has 0 bridgehead atoms. The van der Waals surface area contributed by atoms with Gasteiger partial charge in [0.25, 0.3) is 0 Å². The highest BCUT2D eigenvalue weighted by Gasteiger charge is 2.21. The SMILES string of the molecule is Bc1ccc2c(c1)NC(NC(C)=O)S2. The van der Waals surface area contributed by atoms with Gasteiger partial charge in [-0.05, 0) is 12.1 Å². The van der Waals surface area contributed by atoms with E-state index in [4.69, 9.17) is 0 Å². The minimum Gasteiger partial charge on any atom is -0.356 e. The van der Waals surface area contributed by atoms with Crippen LogP contribution in [0.5, 0.6) is 0 Å². The van der Waals surface area contributed by atoms with E-state index in [9.17, 15) is 4.79 Å². The van der Waals surface area contributed by atoms with Crippen molar-refractivity contribution in [2.75, 3.05) is 5.32 Å². The Labute approximate surface area is 88.1 Å². The topological polar surface area (TPSA) is 41.1 Å². The molecule has 2 N–H and O–H groups in total. The molecule has 3 nitrogen and oxygen atoms in total. The number of nitrogens with one attached hydrogen (secondary N) is 2. The summed E-state index contributed by atoms with van der Waals surface area (Å²) >= 11 is 1.63. The number of fused-ring (bicyclic) bond motifs is 1. The van der Waals surface area contributed by atoms with Crippen molar-refractivity contribution < 1.29 is 4.79 Å². The maximum Gasteiger partial charge on any atom is 0.219 e. The fourth-order valence-corrected chi connectivity index (χ4v) is 2.46. The van der Waals surface area contributed by atoms with Crippen molar-refractivity contribution in [3.63, 3.8) is 0 Å². The van der Waals surface area contributed by atoms with Crippen LogP contribution >= 0.6 is 11.8 Å². The molecule has 1 amide bonds. The minimum atomic E-state index is -0.0238. The first-order valence-corrected chi connectivity index (χ1v) is 5.34. The predicted octanol–water partition coefficient (Wildman–Crippen LogP) is -0.118. The van der Waals surface area contributed by atoms with E-state index in [0.29, 0.717) is 0 Å². The Bertz CT molecular complexity index is 383. The molecule has 1 aromatic carbocycles. The first kappa shape index (κ1) is 9.46. The second-order valence-corrected chi connectivity index (χ2v) is 4.49. The van der Waals surface area contributed by atoms with Gasteiger partial charge in [-0.1, -0.05) is 23.3 Å². The van der Waals surface area contributed by atoms with Crippen LogP contribution in [-0.2, 0) is 4.79 Å². The molecule has 1 aliphatic heterocycles. The van der Waals surface area contributed by atoms with Gasteiger partial charge in [-0.25, -0.2) is 0 Å². The Kier molecular flexibility index (Phi) is 2.41. The lowest BCUT2D eigenvalue weighted by molar-refractivity contribution is -0.119. The largest absolute Gasteiger partial charge is 0.356 e. The van der Waals surface area contributed by atoms with Crippen LogP contribution in [0.25, 0.3) is 0 Å². The number of benzene rings is 1. The molecule has 2 rings (SSSR count). The Hall–Kier alpha value is -1.10. The molecule has 0 radical (unpaired) electrons. The number of carbonyl (C=O) groups is 1. The van der Waals surface area contributed by atoms with Crippen LogP contribution in [0.2, 0.25) is 0 Å². The van der Waals surface area contributed by atoms with Crippen molar-refractivity contribution in [2.24, 2.45) is 0 Å². The summed E-state index contributed by atoms with van der Waals surface area (Å²) in [6, 6.07) is 6.23. The Morgan fingerprint density at radius 3 is 3.14 bits per heavy atom. The van der Waals surface area contributed by atoms with Crippen LogP contribution in [0.15, 0.2) is 23.1 Å². The number of amides is 1. The average Bonchev–Trinajstić information content (AvgIpc) is 2.44. The fraction of sp³-hybridized carbons (Fsp3) is 0.222. The van der Waals surface area contributed by atoms with Gasteiger partial charge in [0.2, 0.25) is 5.91 Å². The first-order valence-electron chi connectivity index (χ1n) is 4.46. The number of rotatable bonds is 1. The Morgan fingerprint density at radius 2 is 2.43 bits per heavy atom. The summed E-state index contributed by atoms with van der Waals surface area (Å²) in [7, 11) is 2.05. The van der Waals surface area contributed by atoms with E-state index in [2.05, 4.69) is 36.7 Å². The van der Waals surface area contributed by atoms with Crippen LogP contribution in [0.1, 0.15) is 6.92 Å². The molecule has 1 unspecified atom stereocenters. The van der Waals surface area contributed by atoms with Gasteiger partial charge in [0, 0.05) is 17.5 Å². The van der Waals surface area contributed by atoms with Gasteiger partial charge < -0.3 is 10.6 Å². The van der Waals surface area contributed by atoms with E-state index in [1.807, 2.05) is 0 Å². The number of anilines is 1. The van der Waals surface area contributed by atoms with Crippen molar-refractivity contribution in [3.8, 4) is 0 Å². The van der Waals surface area contributed by atoms with Crippen LogP contribution in [0.4, 0.5) is 5.69 Å². The van der Waals surface area contributed by atoms with E-state index in [0.717, 1.165) is 5.69 Å². The molecule has 1 aliphatic rings. The molecule has 1 atom stereocenters. The third kappa shape index (κ3) is 1.87. The highest BCUT2D eigenvalue weighted by Crippen LogP contribution is 2.36. The molecule has 0 aromatic heterocycles. The maximum atomic E-state index is 10.9. The highest BCUT2D eigenvalue weighted by molar-refractivity contribution is 8.00. The van der Waals surface area contributed by atoms with E-state index in [1.165, 1.54) is 17.3 Å². The Morgan fingerprint density at radius 1 is 1.64 bits per heavy atom. The zero-order valence-corrected chi connectivity index (χ0v) is 8.94. The summed E-state index contributed by atoms with van der Waals surface area (Å²) < 4.78 is 0. The lowest BCUT2D eigenvalue weighted by atomic mass is 9.96. The minimum absolute atomic E-state index is 0.0143. The lowest BCUT2D eigenvalue weighted by Crippen LogP contribution is -2.34. The monoisotopic (exact) mass is 206 g/mol. The molecular weight excluding hydrogens is 195 g/mol. The summed E-state index contributed by atoms with van der Waals surface area (Å²) in [5, 5.41) is 6.06. The quantitative estimate of drug-likeness (QED) is 0.629. The zero-order valence-electron chi connectivity index (χ0n) is 8.13. The number of hydrogen-bond acceptors (Lipinski definition) is 3. The summed E-state index contributed by atoms with van der Waals surface area (Å²) in [4.78, 5) is 12.0. The van der Waals surface area contributed by atoms with Crippen LogP contribution in [0, 0.1) is 0 Å². The Balaban J connectivity index is 2.14. The molecular formula is C9H11BN2OS. The molecule has 72 valence electrons. The van der Waals surface area contributed by atoms with Crippen molar-refractivity contribution >= 4 is 36.7 Å². The number of carbonyl (C=O) groups excluding carboxylic acids is 1. The molecule has 1 aromatic rings. The lowest BCUT2D eigenvalue weighted by Gasteiger charge is -2.10. The van der Waals surface area contributed by atoms with E-state index >= 15 is 0 Å². The van der Waals surface area contributed by atoms with Crippen molar-refractivity contribution in [3.05, 3.63) is 18.2 Å². The molecule has 0 saturated heterocycles. The third-order valence-corrected chi connectivity index (χ3v) is 3.08. The first-order chi connectivity index (χ1) is 6.65. The van der Waals surface area contributed by atoms with Crippen LogP contribution < -0.4 is 16.1 Å². The van der Waals surface area contributed by atoms with Gasteiger partial charge in [0.15, 0.2) is 5.50 Å². The van der Waals surface area contributed by atoms with Crippen molar-refractivity contribution in [2.45, 2.75) is 17.3 Å². The predicted molar refractivity (Wildman–Crippen MR) is 61.7 cm³/mol. The van der Waals surface area contributed by atoms with Crippen molar-refractivity contribution in [1.29, 1.82) is 0 Å². The maximum absolute atomic E-state index is 10.9. The van der Waals surface area contributed by atoms with E-state index in [-0.39, 0.29) is 11.4 Å². The third-order valence-electron chi connectivity index (χ3n) is 2.00.